The zero-order valence-electron chi connectivity index (χ0n) is 18.9. The molecule has 6 heteroatoms. The molecule has 1 atom stereocenters. The van der Waals surface area contributed by atoms with Crippen molar-refractivity contribution in [1.82, 2.24) is 0 Å². The number of hydrogen-bond acceptors (Lipinski definition) is 4. The molecule has 1 aliphatic rings. The minimum atomic E-state index is -0.223. The van der Waals surface area contributed by atoms with E-state index in [0.717, 1.165) is 44.6 Å². The van der Waals surface area contributed by atoms with Crippen molar-refractivity contribution in [2.75, 3.05) is 10.2 Å². The molecule has 0 aliphatic carbocycles. The minimum absolute atomic E-state index is 0.0409. The summed E-state index contributed by atoms with van der Waals surface area (Å²) in [7, 11) is 0. The van der Waals surface area contributed by atoms with Gasteiger partial charge in [-0.1, -0.05) is 56.3 Å². The first-order valence-corrected chi connectivity index (χ1v) is 13.1. The predicted octanol–water partition coefficient (Wildman–Crippen LogP) is 7.52. The van der Waals surface area contributed by atoms with Crippen molar-refractivity contribution in [3.63, 3.8) is 0 Å². The molecule has 0 radical (unpaired) electrons. The number of amides is 2. The summed E-state index contributed by atoms with van der Waals surface area (Å²) in [6.07, 6.45) is 3.14. The molecule has 0 fully saturated rings. The van der Waals surface area contributed by atoms with Gasteiger partial charge in [0.05, 0.1) is 16.6 Å². The van der Waals surface area contributed by atoms with Crippen LogP contribution in [0.3, 0.4) is 0 Å². The van der Waals surface area contributed by atoms with E-state index in [0.29, 0.717) is 12.8 Å². The van der Waals surface area contributed by atoms with Crippen molar-refractivity contribution in [2.45, 2.75) is 59.5 Å². The molecule has 1 aliphatic heterocycles. The first-order valence-electron chi connectivity index (χ1n) is 11.4. The third-order valence-electron chi connectivity index (χ3n) is 5.47. The highest BCUT2D eigenvalue weighted by atomic mass is 32.2. The molecule has 0 saturated heterocycles. The molecular weight excluding hydrogens is 448 g/mol. The molecule has 170 valence electrons. The average molecular weight is 477 g/mol. The van der Waals surface area contributed by atoms with Crippen LogP contribution < -0.4 is 10.2 Å². The summed E-state index contributed by atoms with van der Waals surface area (Å²) in [6.45, 7) is 4.12. The maximum absolute atomic E-state index is 13.8. The smallest absolute Gasteiger partial charge is 0.245 e. The molecule has 33 heavy (non-hydrogen) atoms. The van der Waals surface area contributed by atoms with Gasteiger partial charge in [0.1, 0.15) is 0 Å². The molecule has 4 rings (SSSR count). The Kier molecular flexibility index (Phi) is 7.78. The minimum Gasteiger partial charge on any atom is -0.326 e. The van der Waals surface area contributed by atoms with Crippen LogP contribution in [0.4, 0.5) is 17.1 Å². The van der Waals surface area contributed by atoms with Gasteiger partial charge in [-0.3, -0.25) is 14.5 Å². The molecule has 2 amide bonds. The molecular formula is C27H28N2O2S2. The van der Waals surface area contributed by atoms with E-state index in [-0.39, 0.29) is 17.1 Å². The lowest BCUT2D eigenvalue weighted by atomic mass is 10.2. The molecule has 0 bridgehead atoms. The van der Waals surface area contributed by atoms with E-state index < -0.39 is 0 Å². The standard InChI is InChI=1S/C27H28N2O2S2/c1-3-5-14-26(30)28-19-15-17-20(18-16-19)32-23(4-2)27(31)29-21-10-6-8-12-24(21)33-25-13-9-7-11-22(25)29/h6-13,15-18,23H,3-5,14H2,1-2H3,(H,28,30). The molecule has 0 aromatic heterocycles. The van der Waals surface area contributed by atoms with Crippen molar-refractivity contribution in [2.24, 2.45) is 0 Å². The number of thioether (sulfide) groups is 1. The van der Waals surface area contributed by atoms with Gasteiger partial charge in [0.15, 0.2) is 0 Å². The number of nitrogens with one attached hydrogen (secondary N) is 1. The number of carbonyl (C=O) groups is 2. The molecule has 0 spiro atoms. The average Bonchev–Trinajstić information content (AvgIpc) is 2.85. The van der Waals surface area contributed by atoms with Crippen molar-refractivity contribution in [1.29, 1.82) is 0 Å². The van der Waals surface area contributed by atoms with Gasteiger partial charge in [-0.05, 0) is 61.4 Å². The van der Waals surface area contributed by atoms with Gasteiger partial charge in [0, 0.05) is 26.8 Å². The molecule has 3 aromatic rings. The van der Waals surface area contributed by atoms with Crippen LogP contribution in [0, 0.1) is 0 Å². The first-order chi connectivity index (χ1) is 16.1. The Bertz CT molecular complexity index is 1090. The molecule has 3 aromatic carbocycles. The topological polar surface area (TPSA) is 49.4 Å². The zero-order valence-corrected chi connectivity index (χ0v) is 20.5. The molecule has 0 saturated carbocycles. The van der Waals surface area contributed by atoms with Crippen molar-refractivity contribution >= 4 is 52.4 Å². The molecule has 1 N–H and O–H groups in total. The lowest BCUT2D eigenvalue weighted by molar-refractivity contribution is -0.117. The van der Waals surface area contributed by atoms with Crippen LogP contribution >= 0.6 is 23.5 Å². The number of anilines is 3. The van der Waals surface area contributed by atoms with Crippen molar-refractivity contribution in [3.8, 4) is 0 Å². The van der Waals surface area contributed by atoms with E-state index >= 15 is 0 Å². The number of unbranched alkanes of at least 4 members (excludes halogenated alkanes) is 1. The summed E-state index contributed by atoms with van der Waals surface area (Å²) >= 11 is 3.27. The molecule has 1 unspecified atom stereocenters. The number of rotatable bonds is 8. The number of para-hydroxylation sites is 2. The highest BCUT2D eigenvalue weighted by molar-refractivity contribution is 8.00. The Morgan fingerprint density at radius 2 is 1.52 bits per heavy atom. The van der Waals surface area contributed by atoms with Crippen LogP contribution in [0.15, 0.2) is 87.5 Å². The quantitative estimate of drug-likeness (QED) is 0.342. The Balaban J connectivity index is 1.52. The van der Waals surface area contributed by atoms with Gasteiger partial charge < -0.3 is 5.32 Å². The fourth-order valence-corrected chi connectivity index (χ4v) is 5.79. The molecule has 4 nitrogen and oxygen atoms in total. The van der Waals surface area contributed by atoms with Crippen LogP contribution in [0.1, 0.15) is 39.5 Å². The summed E-state index contributed by atoms with van der Waals surface area (Å²) in [5.41, 5.74) is 2.67. The van der Waals surface area contributed by atoms with Gasteiger partial charge in [-0.25, -0.2) is 0 Å². The third-order valence-corrected chi connectivity index (χ3v) is 7.97. The van der Waals surface area contributed by atoms with Crippen molar-refractivity contribution < 1.29 is 9.59 Å². The predicted molar refractivity (Wildman–Crippen MR) is 139 cm³/mol. The fourth-order valence-electron chi connectivity index (χ4n) is 3.74. The SMILES string of the molecule is CCCCC(=O)Nc1ccc(SC(CC)C(=O)N2c3ccccc3Sc3ccccc32)cc1. The van der Waals surface area contributed by atoms with Crippen LogP contribution in [0.5, 0.6) is 0 Å². The maximum atomic E-state index is 13.8. The van der Waals surface area contributed by atoms with E-state index in [2.05, 4.69) is 24.4 Å². The number of benzene rings is 3. The highest BCUT2D eigenvalue weighted by Gasteiger charge is 2.32. The Hall–Kier alpha value is -2.70. The van der Waals surface area contributed by atoms with Crippen LogP contribution in [-0.2, 0) is 9.59 Å². The summed E-state index contributed by atoms with van der Waals surface area (Å²) in [5.74, 6) is 0.124. The normalized spacial score (nSPS) is 13.1. The number of carbonyl (C=O) groups excluding carboxylic acids is 2. The summed E-state index contributed by atoms with van der Waals surface area (Å²) in [5, 5.41) is 2.72. The summed E-state index contributed by atoms with van der Waals surface area (Å²) in [6, 6.07) is 23.9. The number of nitrogens with zero attached hydrogens (tertiary/aromatic N) is 1. The monoisotopic (exact) mass is 476 g/mol. The molecule has 1 heterocycles. The summed E-state index contributed by atoms with van der Waals surface area (Å²) in [4.78, 5) is 30.9. The fraction of sp³-hybridized carbons (Fsp3) is 0.259. The Morgan fingerprint density at radius 1 is 0.909 bits per heavy atom. The Morgan fingerprint density at radius 3 is 2.09 bits per heavy atom. The van der Waals surface area contributed by atoms with Gasteiger partial charge >= 0.3 is 0 Å². The van der Waals surface area contributed by atoms with Crippen molar-refractivity contribution in [3.05, 3.63) is 72.8 Å². The second kappa shape index (κ2) is 10.9. The van der Waals surface area contributed by atoms with E-state index in [1.165, 1.54) is 0 Å². The van der Waals surface area contributed by atoms with Crippen LogP contribution in [0.2, 0.25) is 0 Å². The van der Waals surface area contributed by atoms with Gasteiger partial charge in [0.2, 0.25) is 11.8 Å². The number of fused-ring (bicyclic) bond motifs is 2. The summed E-state index contributed by atoms with van der Waals surface area (Å²) < 4.78 is 0. The lowest BCUT2D eigenvalue weighted by Gasteiger charge is -2.33. The van der Waals surface area contributed by atoms with Gasteiger partial charge in [-0.15, -0.1) is 11.8 Å². The highest BCUT2D eigenvalue weighted by Crippen LogP contribution is 2.48. The largest absolute Gasteiger partial charge is 0.326 e. The number of hydrogen-bond donors (Lipinski definition) is 1. The van der Waals surface area contributed by atoms with Gasteiger partial charge in [-0.2, -0.15) is 0 Å². The van der Waals surface area contributed by atoms with Gasteiger partial charge in [0.25, 0.3) is 0 Å². The first kappa shape index (κ1) is 23.5. The lowest BCUT2D eigenvalue weighted by Crippen LogP contribution is -2.35. The van der Waals surface area contributed by atoms with Crippen LogP contribution in [-0.4, -0.2) is 17.1 Å². The second-order valence-electron chi connectivity index (χ2n) is 7.90. The van der Waals surface area contributed by atoms with E-state index in [1.54, 1.807) is 23.5 Å². The maximum Gasteiger partial charge on any atom is 0.245 e. The van der Waals surface area contributed by atoms with E-state index in [9.17, 15) is 9.59 Å². The second-order valence-corrected chi connectivity index (χ2v) is 10.3. The van der Waals surface area contributed by atoms with E-state index in [1.807, 2.05) is 72.5 Å². The van der Waals surface area contributed by atoms with Crippen LogP contribution in [0.25, 0.3) is 0 Å². The van der Waals surface area contributed by atoms with E-state index in [4.69, 9.17) is 0 Å². The zero-order chi connectivity index (χ0) is 23.2. The Labute approximate surface area is 204 Å². The third kappa shape index (κ3) is 5.45.